The molecular weight excluding hydrogens is 408 g/mol. The monoisotopic (exact) mass is 434 g/mol. The zero-order chi connectivity index (χ0) is 21.6. The van der Waals surface area contributed by atoms with E-state index in [1.54, 1.807) is 31.8 Å². The molecule has 0 bridgehead atoms. The average molecular weight is 435 g/mol. The number of nitrogens with one attached hydrogen (secondary N) is 2. The van der Waals surface area contributed by atoms with Gasteiger partial charge < -0.3 is 20.1 Å². The van der Waals surface area contributed by atoms with Gasteiger partial charge in [-0.3, -0.25) is 0 Å². The van der Waals surface area contributed by atoms with E-state index in [-0.39, 0.29) is 0 Å². The van der Waals surface area contributed by atoms with Crippen molar-refractivity contribution >= 4 is 27.9 Å². The fourth-order valence-electron chi connectivity index (χ4n) is 3.64. The molecule has 4 rings (SSSR count). The molecule has 0 saturated carbocycles. The molecule has 160 valence electrons. The van der Waals surface area contributed by atoms with Crippen molar-refractivity contribution in [3.63, 3.8) is 0 Å². The number of anilines is 1. The van der Waals surface area contributed by atoms with E-state index in [1.165, 1.54) is 21.6 Å². The van der Waals surface area contributed by atoms with Crippen molar-refractivity contribution in [2.24, 2.45) is 0 Å². The lowest BCUT2D eigenvalue weighted by Gasteiger charge is -2.11. The number of fused-ring (bicyclic) bond motifs is 1. The quantitative estimate of drug-likeness (QED) is 0.396. The first kappa shape index (κ1) is 21.1. The molecule has 0 spiro atoms. The Hall–Kier alpha value is -3.16. The molecule has 2 heterocycles. The first-order valence-corrected chi connectivity index (χ1v) is 11.0. The molecule has 6 nitrogen and oxygen atoms in total. The van der Waals surface area contributed by atoms with E-state index in [4.69, 9.17) is 9.47 Å². The van der Waals surface area contributed by atoms with Crippen molar-refractivity contribution in [1.82, 2.24) is 15.5 Å². The number of benzene rings is 2. The number of ether oxygens (including phenoxy) is 2. The van der Waals surface area contributed by atoms with E-state index >= 15 is 0 Å². The Kier molecular flexibility index (Phi) is 6.64. The molecule has 4 aromatic rings. The largest absolute Gasteiger partial charge is 0.493 e. The van der Waals surface area contributed by atoms with Gasteiger partial charge in [-0.05, 0) is 53.7 Å². The summed E-state index contributed by atoms with van der Waals surface area (Å²) in [5.74, 6) is 2.10. The van der Waals surface area contributed by atoms with Crippen LogP contribution in [-0.2, 0) is 13.0 Å². The van der Waals surface area contributed by atoms with Gasteiger partial charge in [0.2, 0.25) is 0 Å². The SMILES string of the molecule is CNCc1ccccc1-c1csc(CCNc2nncc3cc(OC)c(OC)cc23)c1. The minimum atomic E-state index is 0.675. The summed E-state index contributed by atoms with van der Waals surface area (Å²) in [5.41, 5.74) is 3.86. The van der Waals surface area contributed by atoms with Gasteiger partial charge in [-0.15, -0.1) is 16.4 Å². The van der Waals surface area contributed by atoms with Crippen molar-refractivity contribution in [2.75, 3.05) is 33.1 Å². The lowest BCUT2D eigenvalue weighted by atomic mass is 10.0. The second-order valence-electron chi connectivity index (χ2n) is 7.15. The summed E-state index contributed by atoms with van der Waals surface area (Å²) >= 11 is 1.79. The van der Waals surface area contributed by atoms with Gasteiger partial charge in [0.05, 0.1) is 20.4 Å². The zero-order valence-corrected chi connectivity index (χ0v) is 18.8. The molecule has 0 radical (unpaired) electrons. The summed E-state index contributed by atoms with van der Waals surface area (Å²) in [4.78, 5) is 1.33. The molecule has 2 N–H and O–H groups in total. The van der Waals surface area contributed by atoms with Crippen molar-refractivity contribution in [3.8, 4) is 22.6 Å². The van der Waals surface area contributed by atoms with Gasteiger partial charge in [-0.1, -0.05) is 24.3 Å². The van der Waals surface area contributed by atoms with Crippen molar-refractivity contribution in [3.05, 3.63) is 64.5 Å². The van der Waals surface area contributed by atoms with Gasteiger partial charge in [0.1, 0.15) is 0 Å². The summed E-state index contributed by atoms with van der Waals surface area (Å²) in [6, 6.07) is 14.7. The molecule has 0 aliphatic carbocycles. The highest BCUT2D eigenvalue weighted by atomic mass is 32.1. The van der Waals surface area contributed by atoms with Crippen LogP contribution in [0, 0.1) is 0 Å². The van der Waals surface area contributed by atoms with E-state index < -0.39 is 0 Å². The first-order valence-electron chi connectivity index (χ1n) is 10.1. The van der Waals surface area contributed by atoms with E-state index in [2.05, 4.69) is 56.5 Å². The van der Waals surface area contributed by atoms with Crippen LogP contribution in [0.2, 0.25) is 0 Å². The summed E-state index contributed by atoms with van der Waals surface area (Å²) in [6.07, 6.45) is 2.64. The number of hydrogen-bond acceptors (Lipinski definition) is 7. The highest BCUT2D eigenvalue weighted by Crippen LogP contribution is 2.34. The van der Waals surface area contributed by atoms with Gasteiger partial charge in [0, 0.05) is 28.7 Å². The third-order valence-corrected chi connectivity index (χ3v) is 6.18. The van der Waals surface area contributed by atoms with Gasteiger partial charge in [0.25, 0.3) is 0 Å². The normalized spacial score (nSPS) is 10.9. The molecule has 0 amide bonds. The lowest BCUT2D eigenvalue weighted by molar-refractivity contribution is 0.356. The summed E-state index contributed by atoms with van der Waals surface area (Å²) in [6.45, 7) is 1.62. The highest BCUT2D eigenvalue weighted by molar-refractivity contribution is 7.10. The molecule has 31 heavy (non-hydrogen) atoms. The Morgan fingerprint density at radius 3 is 2.65 bits per heavy atom. The topological polar surface area (TPSA) is 68.3 Å². The lowest BCUT2D eigenvalue weighted by Crippen LogP contribution is -2.07. The Morgan fingerprint density at radius 2 is 1.84 bits per heavy atom. The maximum Gasteiger partial charge on any atom is 0.161 e. The average Bonchev–Trinajstić information content (AvgIpc) is 3.27. The molecule has 0 saturated heterocycles. The van der Waals surface area contributed by atoms with Gasteiger partial charge in [-0.2, -0.15) is 5.10 Å². The second-order valence-corrected chi connectivity index (χ2v) is 8.15. The molecule has 0 aliphatic rings. The summed E-state index contributed by atoms with van der Waals surface area (Å²) < 4.78 is 10.8. The van der Waals surface area contributed by atoms with E-state index in [0.717, 1.165) is 36.1 Å². The van der Waals surface area contributed by atoms with E-state index in [9.17, 15) is 0 Å². The molecular formula is C24H26N4O2S. The predicted octanol–water partition coefficient (Wildman–Crippen LogP) is 4.75. The van der Waals surface area contributed by atoms with Crippen LogP contribution in [0.5, 0.6) is 11.5 Å². The maximum absolute atomic E-state index is 5.44. The second kappa shape index (κ2) is 9.76. The molecule has 2 aromatic heterocycles. The maximum atomic E-state index is 5.44. The van der Waals surface area contributed by atoms with Crippen LogP contribution in [0.3, 0.4) is 0 Å². The van der Waals surface area contributed by atoms with Crippen LogP contribution in [0.15, 0.2) is 54.0 Å². The fourth-order valence-corrected chi connectivity index (χ4v) is 4.53. The minimum Gasteiger partial charge on any atom is -0.493 e. The molecule has 7 heteroatoms. The van der Waals surface area contributed by atoms with E-state index in [0.29, 0.717) is 11.5 Å². The van der Waals surface area contributed by atoms with Crippen molar-refractivity contribution < 1.29 is 9.47 Å². The summed E-state index contributed by atoms with van der Waals surface area (Å²) in [5, 5.41) is 19.2. The molecule has 0 atom stereocenters. The first-order chi connectivity index (χ1) is 15.2. The van der Waals surface area contributed by atoms with Crippen molar-refractivity contribution in [2.45, 2.75) is 13.0 Å². The van der Waals surface area contributed by atoms with Gasteiger partial charge in [-0.25, -0.2) is 0 Å². The molecule has 0 unspecified atom stereocenters. The van der Waals surface area contributed by atoms with Crippen LogP contribution in [0.1, 0.15) is 10.4 Å². The van der Waals surface area contributed by atoms with Crippen LogP contribution in [0.25, 0.3) is 21.9 Å². The highest BCUT2D eigenvalue weighted by Gasteiger charge is 2.11. The van der Waals surface area contributed by atoms with Gasteiger partial charge >= 0.3 is 0 Å². The zero-order valence-electron chi connectivity index (χ0n) is 17.9. The number of nitrogens with zero attached hydrogens (tertiary/aromatic N) is 2. The predicted molar refractivity (Wildman–Crippen MR) is 127 cm³/mol. The Morgan fingerprint density at radius 1 is 1.03 bits per heavy atom. The van der Waals surface area contributed by atoms with E-state index in [1.807, 2.05) is 19.2 Å². The van der Waals surface area contributed by atoms with Gasteiger partial charge in [0.15, 0.2) is 17.3 Å². The van der Waals surface area contributed by atoms with Crippen molar-refractivity contribution in [1.29, 1.82) is 0 Å². The van der Waals surface area contributed by atoms with Crippen LogP contribution in [0.4, 0.5) is 5.82 Å². The number of methoxy groups -OCH3 is 2. The Bertz CT molecular complexity index is 1180. The molecule has 0 fully saturated rings. The standard InChI is InChI=1S/C24H26N4O2S/c1-25-13-16-6-4-5-7-20(16)18-10-19(31-15-18)8-9-26-24-21-12-23(30-3)22(29-2)11-17(21)14-27-28-24/h4-7,10-12,14-15,25H,8-9,13H2,1-3H3,(H,26,28). The van der Waals surface area contributed by atoms with Crippen LogP contribution in [-0.4, -0.2) is 38.0 Å². The third-order valence-electron chi connectivity index (χ3n) is 5.18. The van der Waals surface area contributed by atoms with Crippen LogP contribution >= 0.6 is 11.3 Å². The number of thiophene rings is 1. The number of hydrogen-bond donors (Lipinski definition) is 2. The molecule has 0 aliphatic heterocycles. The third kappa shape index (κ3) is 4.62. The Labute approximate surface area is 186 Å². The molecule has 2 aromatic carbocycles. The fraction of sp³-hybridized carbons (Fsp3) is 0.250. The minimum absolute atomic E-state index is 0.675. The number of aromatic nitrogens is 2. The smallest absolute Gasteiger partial charge is 0.161 e. The summed E-state index contributed by atoms with van der Waals surface area (Å²) in [7, 11) is 5.24. The Balaban J connectivity index is 1.48. The van der Waals surface area contributed by atoms with Crippen LogP contribution < -0.4 is 20.1 Å². The number of rotatable bonds is 9.